The third-order valence-corrected chi connectivity index (χ3v) is 3.72. The van der Waals surface area contributed by atoms with Gasteiger partial charge in [0.1, 0.15) is 0 Å². The summed E-state index contributed by atoms with van der Waals surface area (Å²) in [4.78, 5) is 10.9. The number of unbranched alkanes of at least 4 members (excludes halogenated alkanes) is 7. The summed E-state index contributed by atoms with van der Waals surface area (Å²) in [6.45, 7) is 2.25. The van der Waals surface area contributed by atoms with Gasteiger partial charge in [0.15, 0.2) is 0 Å². The maximum absolute atomic E-state index is 10.9. The number of hydrogen-bond donors (Lipinski definition) is 0. The highest BCUT2D eigenvalue weighted by molar-refractivity contribution is 6.67. The zero-order valence-corrected chi connectivity index (χ0v) is 12.7. The van der Waals surface area contributed by atoms with Crippen LogP contribution in [0.5, 0.6) is 0 Å². The van der Waals surface area contributed by atoms with Gasteiger partial charge in [0.25, 0.3) is 5.24 Å². The summed E-state index contributed by atoms with van der Waals surface area (Å²) in [6, 6.07) is 7.65. The molecule has 0 aromatic heterocycles. The van der Waals surface area contributed by atoms with E-state index in [1.165, 1.54) is 56.9 Å². The first-order valence-corrected chi connectivity index (χ1v) is 7.90. The van der Waals surface area contributed by atoms with Gasteiger partial charge in [-0.3, -0.25) is 4.79 Å². The molecule has 1 nitrogen and oxygen atoms in total. The minimum Gasteiger partial charge on any atom is -0.276 e. The Morgan fingerprint density at radius 1 is 0.895 bits per heavy atom. The van der Waals surface area contributed by atoms with Crippen molar-refractivity contribution in [1.82, 2.24) is 0 Å². The Hall–Kier alpha value is -0.820. The van der Waals surface area contributed by atoms with Crippen LogP contribution in [-0.2, 0) is 6.42 Å². The molecule has 0 radical (unpaired) electrons. The van der Waals surface area contributed by atoms with Crippen LogP contribution in [-0.4, -0.2) is 5.24 Å². The van der Waals surface area contributed by atoms with Crippen molar-refractivity contribution in [2.45, 2.75) is 64.7 Å². The summed E-state index contributed by atoms with van der Waals surface area (Å²) in [5.41, 5.74) is 1.88. The van der Waals surface area contributed by atoms with Crippen molar-refractivity contribution in [2.24, 2.45) is 0 Å². The van der Waals surface area contributed by atoms with Crippen LogP contribution in [0.2, 0.25) is 0 Å². The van der Waals surface area contributed by atoms with E-state index in [9.17, 15) is 4.79 Å². The number of rotatable bonds is 10. The topological polar surface area (TPSA) is 17.1 Å². The van der Waals surface area contributed by atoms with E-state index in [1.807, 2.05) is 24.3 Å². The maximum atomic E-state index is 10.9. The van der Waals surface area contributed by atoms with Crippen LogP contribution in [0, 0.1) is 0 Å². The smallest absolute Gasteiger partial charge is 0.252 e. The highest BCUT2D eigenvalue weighted by Crippen LogP contribution is 2.12. The van der Waals surface area contributed by atoms with Crippen molar-refractivity contribution >= 4 is 16.8 Å². The Balaban J connectivity index is 2.07. The number of hydrogen-bond acceptors (Lipinski definition) is 1. The van der Waals surface area contributed by atoms with Gasteiger partial charge in [-0.25, -0.2) is 0 Å². The number of benzene rings is 1. The molecule has 19 heavy (non-hydrogen) atoms. The van der Waals surface area contributed by atoms with Crippen LogP contribution in [0.15, 0.2) is 24.3 Å². The van der Waals surface area contributed by atoms with E-state index in [0.717, 1.165) is 6.42 Å². The zero-order chi connectivity index (χ0) is 13.9. The zero-order valence-electron chi connectivity index (χ0n) is 12.0. The summed E-state index contributed by atoms with van der Waals surface area (Å²) in [7, 11) is 0. The lowest BCUT2D eigenvalue weighted by molar-refractivity contribution is 0.108. The van der Waals surface area contributed by atoms with Crippen LogP contribution in [0.3, 0.4) is 0 Å². The van der Waals surface area contributed by atoms with Gasteiger partial charge in [0, 0.05) is 5.56 Å². The van der Waals surface area contributed by atoms with Gasteiger partial charge in [-0.1, -0.05) is 64.0 Å². The number of carbonyl (C=O) groups excluding carboxylic acids is 1. The molecule has 1 aromatic carbocycles. The molecule has 0 aliphatic carbocycles. The first kappa shape index (κ1) is 16.2. The highest BCUT2D eigenvalue weighted by Gasteiger charge is 2.00. The third kappa shape index (κ3) is 7.37. The molecule has 0 spiro atoms. The molecule has 0 saturated carbocycles. The first-order chi connectivity index (χ1) is 9.24. The molecule has 0 atom stereocenters. The quantitative estimate of drug-likeness (QED) is 0.394. The van der Waals surface area contributed by atoms with Gasteiger partial charge in [-0.2, -0.15) is 0 Å². The lowest BCUT2D eigenvalue weighted by atomic mass is 10.0. The molecule has 0 amide bonds. The fraction of sp³-hybridized carbons (Fsp3) is 0.588. The summed E-state index contributed by atoms with van der Waals surface area (Å²) in [5, 5.41) is -0.376. The lowest BCUT2D eigenvalue weighted by Gasteiger charge is -2.03. The molecular weight excluding hydrogens is 256 g/mol. The van der Waals surface area contributed by atoms with Crippen LogP contribution in [0.4, 0.5) is 0 Å². The van der Waals surface area contributed by atoms with Crippen LogP contribution in [0.25, 0.3) is 0 Å². The second kappa shape index (κ2) is 10.0. The fourth-order valence-electron chi connectivity index (χ4n) is 2.27. The van der Waals surface area contributed by atoms with Gasteiger partial charge < -0.3 is 0 Å². The molecule has 106 valence electrons. The van der Waals surface area contributed by atoms with Crippen LogP contribution in [0.1, 0.15) is 74.2 Å². The van der Waals surface area contributed by atoms with Gasteiger partial charge in [-0.15, -0.1) is 0 Å². The Morgan fingerprint density at radius 2 is 1.42 bits per heavy atom. The van der Waals surface area contributed by atoms with E-state index in [-0.39, 0.29) is 5.24 Å². The Kier molecular flexibility index (Phi) is 8.57. The van der Waals surface area contributed by atoms with Crippen molar-refractivity contribution in [3.8, 4) is 0 Å². The molecule has 1 aromatic rings. The predicted molar refractivity (Wildman–Crippen MR) is 82.9 cm³/mol. The molecule has 0 unspecified atom stereocenters. The molecule has 1 rings (SSSR count). The molecule has 0 bridgehead atoms. The van der Waals surface area contributed by atoms with E-state index in [0.29, 0.717) is 5.56 Å². The predicted octanol–water partition coefficient (Wildman–Crippen LogP) is 5.75. The van der Waals surface area contributed by atoms with Crippen molar-refractivity contribution in [3.63, 3.8) is 0 Å². The molecule has 0 aliphatic heterocycles. The molecule has 0 fully saturated rings. The monoisotopic (exact) mass is 280 g/mol. The molecule has 0 heterocycles. The first-order valence-electron chi connectivity index (χ1n) is 7.53. The van der Waals surface area contributed by atoms with Gasteiger partial charge in [0.2, 0.25) is 0 Å². The fourth-order valence-corrected chi connectivity index (χ4v) is 2.39. The number of halogens is 1. The van der Waals surface area contributed by atoms with Gasteiger partial charge in [-0.05, 0) is 42.1 Å². The number of carbonyl (C=O) groups is 1. The molecule has 0 saturated heterocycles. The summed E-state index contributed by atoms with van der Waals surface area (Å²) >= 11 is 5.41. The van der Waals surface area contributed by atoms with E-state index in [1.54, 1.807) is 0 Å². The van der Waals surface area contributed by atoms with Crippen molar-refractivity contribution in [1.29, 1.82) is 0 Å². The average Bonchev–Trinajstić information content (AvgIpc) is 2.42. The summed E-state index contributed by atoms with van der Waals surface area (Å²) in [5.74, 6) is 0. The minimum atomic E-state index is -0.376. The molecule has 2 heteroatoms. The molecule has 0 aliphatic rings. The van der Waals surface area contributed by atoms with Gasteiger partial charge in [0.05, 0.1) is 0 Å². The minimum absolute atomic E-state index is 0.376. The Labute approximate surface area is 122 Å². The van der Waals surface area contributed by atoms with E-state index in [2.05, 4.69) is 6.92 Å². The third-order valence-electron chi connectivity index (χ3n) is 3.50. The van der Waals surface area contributed by atoms with E-state index < -0.39 is 0 Å². The van der Waals surface area contributed by atoms with E-state index >= 15 is 0 Å². The Morgan fingerprint density at radius 3 is 1.95 bits per heavy atom. The summed E-state index contributed by atoms with van der Waals surface area (Å²) < 4.78 is 0. The second-order valence-corrected chi connectivity index (χ2v) is 5.54. The lowest BCUT2D eigenvalue weighted by Crippen LogP contribution is -1.91. The molecule has 0 N–H and O–H groups in total. The standard InChI is InChI=1S/C17H25ClO/c1-2-3-4-5-6-7-8-9-10-15-11-13-16(14-12-15)17(18)19/h11-14H,2-10H2,1H3. The van der Waals surface area contributed by atoms with Crippen LogP contribution < -0.4 is 0 Å². The molecular formula is C17H25ClO. The van der Waals surface area contributed by atoms with Crippen LogP contribution >= 0.6 is 11.6 Å². The van der Waals surface area contributed by atoms with Crippen molar-refractivity contribution < 1.29 is 4.79 Å². The second-order valence-electron chi connectivity index (χ2n) is 5.20. The Bertz CT molecular complexity index is 356. The normalized spacial score (nSPS) is 10.6. The largest absolute Gasteiger partial charge is 0.276 e. The SMILES string of the molecule is CCCCCCCCCCc1ccc(C(=O)Cl)cc1. The summed E-state index contributed by atoms with van der Waals surface area (Å²) in [6.07, 6.45) is 11.9. The van der Waals surface area contributed by atoms with Crippen molar-refractivity contribution in [2.75, 3.05) is 0 Å². The van der Waals surface area contributed by atoms with Crippen molar-refractivity contribution in [3.05, 3.63) is 35.4 Å². The van der Waals surface area contributed by atoms with E-state index in [4.69, 9.17) is 11.6 Å². The average molecular weight is 281 g/mol. The maximum Gasteiger partial charge on any atom is 0.252 e. The number of aryl methyl sites for hydroxylation is 1. The van der Waals surface area contributed by atoms with Gasteiger partial charge >= 0.3 is 0 Å². The highest BCUT2D eigenvalue weighted by atomic mass is 35.5.